The zero-order valence-electron chi connectivity index (χ0n) is 8.80. The number of nitrogen functional groups attached to an aromatic ring is 1. The minimum Gasteiger partial charge on any atom is -0.461 e. The number of nitrogens with zero attached hydrogens (tertiary/aromatic N) is 3. The molecular weight excluding hydrogens is 196 g/mol. The second-order valence-electron chi connectivity index (χ2n) is 3.03. The highest BCUT2D eigenvalue weighted by Crippen LogP contribution is 2.11. The molecule has 0 bridgehead atoms. The van der Waals surface area contributed by atoms with Crippen LogP contribution in [0.4, 0.5) is 5.95 Å². The molecule has 0 unspecified atom stereocenters. The van der Waals surface area contributed by atoms with Crippen LogP contribution in [0.3, 0.4) is 0 Å². The average molecular weight is 210 g/mol. The van der Waals surface area contributed by atoms with Gasteiger partial charge in [0, 0.05) is 0 Å². The van der Waals surface area contributed by atoms with E-state index in [1.807, 2.05) is 13.8 Å². The van der Waals surface area contributed by atoms with E-state index >= 15 is 0 Å². The third-order valence-corrected chi connectivity index (χ3v) is 1.28. The van der Waals surface area contributed by atoms with Crippen molar-refractivity contribution in [3.8, 4) is 12.0 Å². The van der Waals surface area contributed by atoms with Gasteiger partial charge in [0.05, 0.1) is 6.10 Å². The maximum Gasteiger partial charge on any atom is 0.324 e. The largest absolute Gasteiger partial charge is 0.461 e. The number of anilines is 1. The van der Waals surface area contributed by atoms with Gasteiger partial charge >= 0.3 is 12.0 Å². The van der Waals surface area contributed by atoms with E-state index in [2.05, 4.69) is 21.5 Å². The Morgan fingerprint density at radius 3 is 2.60 bits per heavy atom. The van der Waals surface area contributed by atoms with E-state index in [-0.39, 0.29) is 24.1 Å². The molecule has 0 fully saturated rings. The maximum absolute atomic E-state index is 5.46. The molecular formula is C9H14N4O2. The minimum absolute atomic E-state index is 0.0287. The molecule has 1 aromatic rings. The summed E-state index contributed by atoms with van der Waals surface area (Å²) in [5, 5.41) is 0. The summed E-state index contributed by atoms with van der Waals surface area (Å²) in [6.07, 6.45) is 1.56. The van der Waals surface area contributed by atoms with Crippen molar-refractivity contribution >= 4 is 5.95 Å². The van der Waals surface area contributed by atoms with E-state index in [4.69, 9.17) is 15.2 Å². The van der Waals surface area contributed by atoms with Crippen LogP contribution in [0.25, 0.3) is 0 Å². The number of aromatic nitrogens is 3. The molecule has 0 saturated heterocycles. The van der Waals surface area contributed by atoms with Crippen molar-refractivity contribution in [3.05, 3.63) is 12.7 Å². The van der Waals surface area contributed by atoms with E-state index in [0.29, 0.717) is 6.61 Å². The summed E-state index contributed by atoms with van der Waals surface area (Å²) in [5.74, 6) is 0.0692. The van der Waals surface area contributed by atoms with E-state index < -0.39 is 0 Å². The first kappa shape index (κ1) is 11.2. The molecule has 1 aromatic heterocycles. The number of hydrogen-bond acceptors (Lipinski definition) is 6. The second kappa shape index (κ2) is 5.14. The molecule has 0 aliphatic heterocycles. The molecule has 1 rings (SSSR count). The van der Waals surface area contributed by atoms with E-state index in [1.165, 1.54) is 0 Å². The first-order chi connectivity index (χ1) is 7.11. The van der Waals surface area contributed by atoms with Crippen LogP contribution in [-0.4, -0.2) is 27.7 Å². The highest BCUT2D eigenvalue weighted by molar-refractivity contribution is 5.20. The molecule has 0 aliphatic carbocycles. The fraction of sp³-hybridized carbons (Fsp3) is 0.444. The van der Waals surface area contributed by atoms with Crippen LogP contribution in [0.5, 0.6) is 12.0 Å². The lowest BCUT2D eigenvalue weighted by Gasteiger charge is -2.08. The number of ether oxygens (including phenoxy) is 2. The number of rotatable bonds is 5. The number of hydrogen-bond donors (Lipinski definition) is 1. The molecule has 0 aliphatic rings. The summed E-state index contributed by atoms with van der Waals surface area (Å²) in [7, 11) is 0. The predicted octanol–water partition coefficient (Wildman–Crippen LogP) is 0.806. The Labute approximate surface area is 88.2 Å². The average Bonchev–Trinajstić information content (AvgIpc) is 2.12. The zero-order chi connectivity index (χ0) is 11.3. The monoisotopic (exact) mass is 210 g/mol. The topological polar surface area (TPSA) is 83.2 Å². The Bertz CT molecular complexity index is 341. The summed E-state index contributed by atoms with van der Waals surface area (Å²) in [4.78, 5) is 11.5. The standard InChI is InChI=1S/C9H14N4O2/c1-4-5-14-8-11-7(10)12-9(13-8)15-6(2)3/h4,6H,1,5H2,2-3H3,(H2,10,11,12,13). The molecule has 15 heavy (non-hydrogen) atoms. The van der Waals surface area contributed by atoms with Gasteiger partial charge in [-0.25, -0.2) is 0 Å². The van der Waals surface area contributed by atoms with Gasteiger partial charge in [0.2, 0.25) is 5.95 Å². The lowest BCUT2D eigenvalue weighted by molar-refractivity contribution is 0.216. The van der Waals surface area contributed by atoms with E-state index in [0.717, 1.165) is 0 Å². The molecule has 0 radical (unpaired) electrons. The van der Waals surface area contributed by atoms with Crippen molar-refractivity contribution in [2.45, 2.75) is 20.0 Å². The Morgan fingerprint density at radius 2 is 2.00 bits per heavy atom. The third kappa shape index (κ3) is 3.80. The Hall–Kier alpha value is -1.85. The quantitative estimate of drug-likeness (QED) is 0.724. The van der Waals surface area contributed by atoms with Gasteiger partial charge in [-0.3, -0.25) is 0 Å². The predicted molar refractivity (Wildman–Crippen MR) is 55.7 cm³/mol. The third-order valence-electron chi connectivity index (χ3n) is 1.28. The lowest BCUT2D eigenvalue weighted by atomic mass is 10.5. The van der Waals surface area contributed by atoms with Crippen molar-refractivity contribution < 1.29 is 9.47 Å². The maximum atomic E-state index is 5.46. The van der Waals surface area contributed by atoms with Crippen molar-refractivity contribution in [1.82, 2.24) is 15.0 Å². The fourth-order valence-electron chi connectivity index (χ4n) is 0.814. The smallest absolute Gasteiger partial charge is 0.324 e. The van der Waals surface area contributed by atoms with E-state index in [1.54, 1.807) is 6.08 Å². The Balaban J connectivity index is 2.79. The van der Waals surface area contributed by atoms with Crippen LogP contribution in [0, 0.1) is 0 Å². The van der Waals surface area contributed by atoms with Crippen LogP contribution in [-0.2, 0) is 0 Å². The number of nitrogens with two attached hydrogens (primary N) is 1. The molecule has 82 valence electrons. The summed E-state index contributed by atoms with van der Waals surface area (Å²) in [5.41, 5.74) is 5.46. The molecule has 0 amide bonds. The second-order valence-corrected chi connectivity index (χ2v) is 3.03. The van der Waals surface area contributed by atoms with Crippen molar-refractivity contribution in [3.63, 3.8) is 0 Å². The normalized spacial score (nSPS) is 10.1. The van der Waals surface area contributed by atoms with Crippen LogP contribution < -0.4 is 15.2 Å². The first-order valence-corrected chi connectivity index (χ1v) is 4.53. The molecule has 0 atom stereocenters. The van der Waals surface area contributed by atoms with Gasteiger partial charge < -0.3 is 15.2 Å². The molecule has 2 N–H and O–H groups in total. The van der Waals surface area contributed by atoms with Crippen LogP contribution in [0.1, 0.15) is 13.8 Å². The van der Waals surface area contributed by atoms with Crippen molar-refractivity contribution in [2.75, 3.05) is 12.3 Å². The molecule has 6 nitrogen and oxygen atoms in total. The fourth-order valence-corrected chi connectivity index (χ4v) is 0.814. The van der Waals surface area contributed by atoms with Crippen molar-refractivity contribution in [1.29, 1.82) is 0 Å². The minimum atomic E-state index is -0.0287. The van der Waals surface area contributed by atoms with Gasteiger partial charge in [0.1, 0.15) is 6.61 Å². The molecule has 0 aromatic carbocycles. The van der Waals surface area contributed by atoms with Crippen LogP contribution in [0.15, 0.2) is 12.7 Å². The van der Waals surface area contributed by atoms with Gasteiger partial charge in [0.25, 0.3) is 0 Å². The summed E-state index contributed by atoms with van der Waals surface area (Å²) in [6, 6.07) is 0.301. The molecule has 6 heteroatoms. The molecule has 0 spiro atoms. The SMILES string of the molecule is C=CCOc1nc(N)nc(OC(C)C)n1. The van der Waals surface area contributed by atoms with Gasteiger partial charge in [-0.2, -0.15) is 9.97 Å². The van der Waals surface area contributed by atoms with Gasteiger partial charge in [-0.15, -0.1) is 4.98 Å². The van der Waals surface area contributed by atoms with Gasteiger partial charge in [-0.1, -0.05) is 12.7 Å². The van der Waals surface area contributed by atoms with E-state index in [9.17, 15) is 0 Å². The highest BCUT2D eigenvalue weighted by atomic mass is 16.5. The Morgan fingerprint density at radius 1 is 1.33 bits per heavy atom. The molecule has 1 heterocycles. The van der Waals surface area contributed by atoms with Crippen LogP contribution in [0.2, 0.25) is 0 Å². The summed E-state index contributed by atoms with van der Waals surface area (Å²) < 4.78 is 10.4. The first-order valence-electron chi connectivity index (χ1n) is 4.53. The zero-order valence-corrected chi connectivity index (χ0v) is 8.80. The van der Waals surface area contributed by atoms with Crippen molar-refractivity contribution in [2.24, 2.45) is 0 Å². The van der Waals surface area contributed by atoms with Crippen LogP contribution >= 0.6 is 0 Å². The Kier molecular flexibility index (Phi) is 3.84. The summed E-state index contributed by atoms with van der Waals surface area (Å²) in [6.45, 7) is 7.55. The molecule has 0 saturated carbocycles. The van der Waals surface area contributed by atoms with Gasteiger partial charge in [-0.05, 0) is 13.8 Å². The summed E-state index contributed by atoms with van der Waals surface area (Å²) >= 11 is 0. The van der Waals surface area contributed by atoms with Gasteiger partial charge in [0.15, 0.2) is 0 Å². The lowest BCUT2D eigenvalue weighted by Crippen LogP contribution is -2.11. The highest BCUT2D eigenvalue weighted by Gasteiger charge is 2.07.